The minimum Gasteiger partial charge on any atom is -0.463 e. The number of benzene rings is 1. The van der Waals surface area contributed by atoms with Crippen molar-refractivity contribution in [3.05, 3.63) is 59.6 Å². The van der Waals surface area contributed by atoms with Crippen LogP contribution in [0, 0.1) is 11.6 Å². The minimum absolute atomic E-state index is 0.136. The Bertz CT molecular complexity index is 665. The molecule has 2 aromatic rings. The predicted octanol–water partition coefficient (Wildman–Crippen LogP) is 0.944. The van der Waals surface area contributed by atoms with Gasteiger partial charge in [0.05, 0.1) is 26.0 Å². The zero-order chi connectivity index (χ0) is 16.9. The van der Waals surface area contributed by atoms with E-state index in [1.807, 2.05) is 6.07 Å². The molecule has 7 heteroatoms. The van der Waals surface area contributed by atoms with Crippen molar-refractivity contribution < 1.29 is 27.6 Å². The van der Waals surface area contributed by atoms with Crippen molar-refractivity contribution >= 4 is 5.91 Å². The van der Waals surface area contributed by atoms with Crippen LogP contribution in [-0.4, -0.2) is 38.8 Å². The summed E-state index contributed by atoms with van der Waals surface area (Å²) >= 11 is 0. The van der Waals surface area contributed by atoms with Crippen molar-refractivity contribution in [2.24, 2.45) is 0 Å². The van der Waals surface area contributed by atoms with Gasteiger partial charge in [-0.15, -0.1) is 0 Å². The first kappa shape index (κ1) is 16.6. The summed E-state index contributed by atoms with van der Waals surface area (Å²) in [6, 6.07) is 6.83. The summed E-state index contributed by atoms with van der Waals surface area (Å²) < 4.78 is 38.3. The number of furan rings is 1. The van der Waals surface area contributed by atoms with Crippen LogP contribution in [-0.2, 0) is 4.74 Å². The average molecular weight is 337 g/mol. The Morgan fingerprint density at radius 3 is 2.50 bits per heavy atom. The Balaban J connectivity index is 1.72. The zero-order valence-corrected chi connectivity index (χ0v) is 13.1. The van der Waals surface area contributed by atoms with E-state index >= 15 is 0 Å². The van der Waals surface area contributed by atoms with Crippen molar-refractivity contribution in [3.8, 4) is 0 Å². The Kier molecular flexibility index (Phi) is 5.22. The Morgan fingerprint density at radius 2 is 1.88 bits per heavy atom. The molecule has 128 valence electrons. The highest BCUT2D eigenvalue weighted by molar-refractivity contribution is 5.94. The lowest BCUT2D eigenvalue weighted by molar-refractivity contribution is -0.938. The summed E-state index contributed by atoms with van der Waals surface area (Å²) in [7, 11) is 0. The quantitative estimate of drug-likeness (QED) is 0.854. The normalized spacial score (nSPS) is 16.8. The van der Waals surface area contributed by atoms with Crippen LogP contribution in [0.2, 0.25) is 0 Å². The number of carbonyl (C=O) groups is 1. The van der Waals surface area contributed by atoms with E-state index in [-0.39, 0.29) is 12.6 Å². The monoisotopic (exact) mass is 337 g/mol. The Labute approximate surface area is 138 Å². The standard InChI is InChI=1S/C17H18F2N2O3/c18-12-3-1-4-13(19)16(12)17(22)20-11-14(15-5-2-8-24-15)21-6-9-23-10-7-21/h1-5,8,14H,6-7,9-11H2,(H,20,22)/p+1/t14-/m1/s1. The first-order valence-corrected chi connectivity index (χ1v) is 7.84. The lowest BCUT2D eigenvalue weighted by Gasteiger charge is -2.30. The van der Waals surface area contributed by atoms with Gasteiger partial charge in [-0.25, -0.2) is 8.78 Å². The van der Waals surface area contributed by atoms with Gasteiger partial charge in [-0.2, -0.15) is 0 Å². The number of nitrogens with one attached hydrogen (secondary N) is 2. The molecule has 2 N–H and O–H groups in total. The first-order valence-electron chi connectivity index (χ1n) is 7.84. The molecular weight excluding hydrogens is 318 g/mol. The SMILES string of the molecule is O=C(NC[C@H](c1ccco1)[NH+]1CCOCC1)c1c(F)cccc1F. The smallest absolute Gasteiger partial charge is 0.257 e. The molecule has 0 saturated carbocycles. The fourth-order valence-corrected chi connectivity index (χ4v) is 2.92. The van der Waals surface area contributed by atoms with E-state index in [2.05, 4.69) is 5.32 Å². The number of hydrogen-bond donors (Lipinski definition) is 2. The summed E-state index contributed by atoms with van der Waals surface area (Å²) in [6.45, 7) is 3.02. The molecule has 1 saturated heterocycles. The molecule has 1 atom stereocenters. The summed E-state index contributed by atoms with van der Waals surface area (Å²) in [5.41, 5.74) is -0.562. The summed E-state index contributed by atoms with van der Waals surface area (Å²) in [4.78, 5) is 13.4. The second kappa shape index (κ2) is 7.55. The molecule has 0 unspecified atom stereocenters. The highest BCUT2D eigenvalue weighted by Crippen LogP contribution is 2.13. The number of amides is 1. The number of carbonyl (C=O) groups excluding carboxylic acids is 1. The maximum absolute atomic E-state index is 13.7. The van der Waals surface area contributed by atoms with Gasteiger partial charge in [0.1, 0.15) is 30.3 Å². The van der Waals surface area contributed by atoms with Crippen LogP contribution >= 0.6 is 0 Å². The van der Waals surface area contributed by atoms with E-state index in [9.17, 15) is 13.6 Å². The highest BCUT2D eigenvalue weighted by atomic mass is 19.1. The van der Waals surface area contributed by atoms with E-state index in [0.29, 0.717) is 13.2 Å². The van der Waals surface area contributed by atoms with Crippen LogP contribution in [0.25, 0.3) is 0 Å². The summed E-state index contributed by atoms with van der Waals surface area (Å²) in [5.74, 6) is -1.79. The van der Waals surface area contributed by atoms with Crippen LogP contribution in [0.4, 0.5) is 8.78 Å². The molecule has 5 nitrogen and oxygen atoms in total. The fourth-order valence-electron chi connectivity index (χ4n) is 2.92. The molecule has 1 amide bonds. The second-order valence-corrected chi connectivity index (χ2v) is 5.65. The fraction of sp³-hybridized carbons (Fsp3) is 0.353. The van der Waals surface area contributed by atoms with Crippen molar-refractivity contribution in [3.63, 3.8) is 0 Å². The van der Waals surface area contributed by atoms with Gasteiger partial charge in [-0.1, -0.05) is 6.07 Å². The average Bonchev–Trinajstić information content (AvgIpc) is 3.10. The summed E-state index contributed by atoms with van der Waals surface area (Å²) in [6.07, 6.45) is 1.57. The van der Waals surface area contributed by atoms with Crippen LogP contribution in [0.1, 0.15) is 22.2 Å². The molecule has 2 heterocycles. The number of quaternary nitrogens is 1. The number of rotatable bonds is 5. The molecule has 1 aromatic carbocycles. The second-order valence-electron chi connectivity index (χ2n) is 5.65. The largest absolute Gasteiger partial charge is 0.463 e. The molecule has 0 radical (unpaired) electrons. The number of hydrogen-bond acceptors (Lipinski definition) is 3. The predicted molar refractivity (Wildman–Crippen MR) is 81.7 cm³/mol. The molecule has 0 spiro atoms. The maximum atomic E-state index is 13.7. The molecule has 1 fully saturated rings. The third-order valence-electron chi connectivity index (χ3n) is 4.17. The number of morpholine rings is 1. The lowest BCUT2D eigenvalue weighted by Crippen LogP contribution is -3.15. The van der Waals surface area contributed by atoms with Gasteiger partial charge in [0, 0.05) is 0 Å². The highest BCUT2D eigenvalue weighted by Gasteiger charge is 2.29. The molecule has 1 aromatic heterocycles. The molecular formula is C17H19F2N2O3+. The van der Waals surface area contributed by atoms with Crippen molar-refractivity contribution in [2.75, 3.05) is 32.8 Å². The topological polar surface area (TPSA) is 55.9 Å². The van der Waals surface area contributed by atoms with Crippen LogP contribution in [0.3, 0.4) is 0 Å². The Hall–Kier alpha value is -2.25. The van der Waals surface area contributed by atoms with E-state index < -0.39 is 23.1 Å². The van der Waals surface area contributed by atoms with E-state index in [1.54, 1.807) is 12.3 Å². The molecule has 0 aliphatic carbocycles. The molecule has 24 heavy (non-hydrogen) atoms. The van der Waals surface area contributed by atoms with Crippen LogP contribution < -0.4 is 10.2 Å². The maximum Gasteiger partial charge on any atom is 0.257 e. The Morgan fingerprint density at radius 1 is 1.17 bits per heavy atom. The molecule has 1 aliphatic rings. The van der Waals surface area contributed by atoms with E-state index in [1.165, 1.54) is 11.0 Å². The van der Waals surface area contributed by atoms with Gasteiger partial charge in [0.25, 0.3) is 5.91 Å². The van der Waals surface area contributed by atoms with Crippen molar-refractivity contribution in [1.82, 2.24) is 5.32 Å². The van der Waals surface area contributed by atoms with Gasteiger partial charge < -0.3 is 19.4 Å². The third kappa shape index (κ3) is 3.63. The zero-order valence-electron chi connectivity index (χ0n) is 13.1. The van der Waals surface area contributed by atoms with E-state index in [4.69, 9.17) is 9.15 Å². The van der Waals surface area contributed by atoms with Crippen LogP contribution in [0.15, 0.2) is 41.0 Å². The molecule has 3 rings (SSSR count). The lowest BCUT2D eigenvalue weighted by atomic mass is 10.1. The van der Waals surface area contributed by atoms with Gasteiger partial charge in [0.2, 0.25) is 0 Å². The number of ether oxygens (including phenoxy) is 1. The van der Waals surface area contributed by atoms with E-state index in [0.717, 1.165) is 31.0 Å². The van der Waals surface area contributed by atoms with Crippen LogP contribution in [0.5, 0.6) is 0 Å². The third-order valence-corrected chi connectivity index (χ3v) is 4.17. The van der Waals surface area contributed by atoms with Gasteiger partial charge >= 0.3 is 0 Å². The van der Waals surface area contributed by atoms with Gasteiger partial charge in [-0.3, -0.25) is 4.79 Å². The van der Waals surface area contributed by atoms with Gasteiger partial charge in [0.15, 0.2) is 11.8 Å². The first-order chi connectivity index (χ1) is 11.7. The van der Waals surface area contributed by atoms with Crippen molar-refractivity contribution in [1.29, 1.82) is 0 Å². The molecule has 1 aliphatic heterocycles. The molecule has 0 bridgehead atoms. The number of halogens is 2. The van der Waals surface area contributed by atoms with Gasteiger partial charge in [-0.05, 0) is 24.3 Å². The summed E-state index contributed by atoms with van der Waals surface area (Å²) in [5, 5.41) is 2.63. The van der Waals surface area contributed by atoms with Crippen molar-refractivity contribution in [2.45, 2.75) is 6.04 Å². The minimum atomic E-state index is -0.874.